The quantitative estimate of drug-likeness (QED) is 0.149. The number of nitrogens with zero attached hydrogens (tertiary/aromatic N) is 2. The molecule has 1 saturated heterocycles. The van der Waals surface area contributed by atoms with Crippen LogP contribution in [0.3, 0.4) is 0 Å². The summed E-state index contributed by atoms with van der Waals surface area (Å²) < 4.78 is 75.7. The monoisotopic (exact) mass is 851 g/mol. The molecule has 3 aliphatic heterocycles. The molecule has 21 nitrogen and oxygen atoms in total. The van der Waals surface area contributed by atoms with Gasteiger partial charge >= 0.3 is 29.5 Å². The number of carbonyl (C=O) groups excluding carboxylic acids is 2. The number of urea groups is 1. The van der Waals surface area contributed by atoms with Crippen molar-refractivity contribution in [3.63, 3.8) is 0 Å². The largest absolute Gasteiger partial charge is 0.756 e. The van der Waals surface area contributed by atoms with E-state index in [0.717, 1.165) is 17.0 Å². The molecule has 52 heavy (non-hydrogen) atoms. The highest BCUT2D eigenvalue weighted by Crippen LogP contribution is 2.70. The van der Waals surface area contributed by atoms with E-state index < -0.39 is 85.5 Å². The van der Waals surface area contributed by atoms with Gasteiger partial charge in [0.25, 0.3) is 7.82 Å². The smallest absolute Gasteiger partial charge is 0.488 e. The minimum Gasteiger partial charge on any atom is -0.756 e. The van der Waals surface area contributed by atoms with E-state index in [1.54, 1.807) is 13.8 Å². The molecule has 3 heterocycles. The van der Waals surface area contributed by atoms with Gasteiger partial charge in [-0.3, -0.25) is 18.8 Å². The number of aliphatic imine (C=N–C) groups is 1. The average molecular weight is 852 g/mol. The van der Waals surface area contributed by atoms with Gasteiger partial charge in [0.2, 0.25) is 5.78 Å². The second-order valence-corrected chi connectivity index (χ2v) is 18.7. The molecule has 27 heteroatoms. The molecular weight excluding hydrogens is 825 g/mol. The minimum atomic E-state index is -6.23. The van der Waals surface area contributed by atoms with Gasteiger partial charge < -0.3 is 48.9 Å². The Hall–Kier alpha value is -2.09. The van der Waals surface area contributed by atoms with E-state index in [-0.39, 0.29) is 39.0 Å². The van der Waals surface area contributed by atoms with E-state index in [2.05, 4.69) is 27.8 Å². The molecule has 8 atom stereocenters. The van der Waals surface area contributed by atoms with Crippen LogP contribution in [0, 0.1) is 0 Å². The number of amides is 2. The van der Waals surface area contributed by atoms with E-state index >= 15 is 0 Å². The van der Waals surface area contributed by atoms with Crippen LogP contribution in [0.25, 0.3) is 0 Å². The molecule has 0 radical (unpaired) electrons. The summed E-state index contributed by atoms with van der Waals surface area (Å²) in [6, 6.07) is 2.69. The number of hydrogen-bond donors (Lipinski definition) is 5. The molecule has 0 bridgehead atoms. The van der Waals surface area contributed by atoms with E-state index in [1.165, 1.54) is 25.3 Å². The highest BCUT2D eigenvalue weighted by Gasteiger charge is 2.45. The number of nitrogens with one attached hydrogen (secondary N) is 1. The predicted molar refractivity (Wildman–Crippen MR) is 173 cm³/mol. The molecule has 1 aromatic carbocycles. The molecule has 4 aliphatic rings. The third kappa shape index (κ3) is 9.05. The number of Topliss-reactive ketones (excluding diaryl/α,β-unsaturated/α-hetero) is 1. The standard InChI is InChI=1S/C25H29Cl2N3O18P4/c1-11-9-30(24(34)29-23(11)33)19-8-17(31)18(44-19)10-43-49(35,36)46-51(39,40)48-52(41,42)47-50(37,38)45-12-4-5-15-13(6-12)25(2,3)20-16(28-15)7-14(26)22(32)21(20)27/h4-7,9,17-19,23,31,33H,8,10H2,1-3H3,(H,29,34)(H,35,36)(H,37,38)(H,39,40)(H,41,42)/p-2/t17?,18-,19-,23?/m1/s1. The van der Waals surface area contributed by atoms with Gasteiger partial charge in [-0.2, -0.15) is 4.31 Å². The first-order chi connectivity index (χ1) is 23.8. The highest BCUT2D eigenvalue weighted by molar-refractivity contribution is 7.69. The Morgan fingerprint density at radius 2 is 1.69 bits per heavy atom. The third-order valence-corrected chi connectivity index (χ3v) is 14.1. The second-order valence-electron chi connectivity index (χ2n) is 11.8. The predicted octanol–water partition coefficient (Wildman–Crippen LogP) is 2.55. The maximum atomic E-state index is 12.6. The normalized spacial score (nSPS) is 28.9. The SMILES string of the molecule is CC1=CN([C@H]2CC(O)[C@@H](COP(=O)([O-])OP(=O)(O)OP(=O)(O)OP(=O)([O-])Oc3ccc4c(c3)C(C)(C)C3=C(Cl)C(=O)C(Cl)=CC3=N4)O2)C(=O)NC1O. The zero-order valence-electron chi connectivity index (χ0n) is 26.6. The lowest BCUT2D eigenvalue weighted by Crippen LogP contribution is -2.51. The van der Waals surface area contributed by atoms with Crippen molar-refractivity contribution in [3.8, 4) is 5.75 Å². The van der Waals surface area contributed by atoms with Gasteiger partial charge in [0.1, 0.15) is 18.1 Å². The molecule has 286 valence electrons. The minimum absolute atomic E-state index is 0.177. The Labute approximate surface area is 303 Å². The number of fused-ring (bicyclic) bond motifs is 2. The van der Waals surface area contributed by atoms with Gasteiger partial charge in [0.15, 0.2) is 6.23 Å². The van der Waals surface area contributed by atoms with Crippen molar-refractivity contribution < 1.29 is 84.4 Å². The van der Waals surface area contributed by atoms with Gasteiger partial charge in [-0.25, -0.2) is 27.5 Å². The molecule has 0 aromatic heterocycles. The number of aliphatic hydroxyl groups is 2. The van der Waals surface area contributed by atoms with Crippen LogP contribution >= 0.6 is 54.5 Å². The lowest BCUT2D eigenvalue weighted by Gasteiger charge is -2.36. The summed E-state index contributed by atoms with van der Waals surface area (Å²) in [5, 5.41) is 21.8. The summed E-state index contributed by atoms with van der Waals surface area (Å²) in [7, 11) is -24.4. The second kappa shape index (κ2) is 14.5. The number of ether oxygens (including phenoxy) is 1. The molecule has 0 saturated carbocycles. The van der Waals surface area contributed by atoms with Crippen LogP contribution in [0.15, 0.2) is 56.7 Å². The summed E-state index contributed by atoms with van der Waals surface area (Å²) in [5.41, 5.74) is 0.308. The van der Waals surface area contributed by atoms with Gasteiger partial charge in [0.05, 0.1) is 34.2 Å². The summed E-state index contributed by atoms with van der Waals surface area (Å²) in [6.07, 6.45) is -3.04. The fourth-order valence-electron chi connectivity index (χ4n) is 5.36. The number of allylic oxidation sites excluding steroid dienone is 4. The lowest BCUT2D eigenvalue weighted by atomic mass is 9.71. The molecule has 6 unspecified atom stereocenters. The Bertz CT molecular complexity index is 2040. The van der Waals surface area contributed by atoms with Crippen LogP contribution in [0.2, 0.25) is 0 Å². The van der Waals surface area contributed by atoms with E-state index in [4.69, 9.17) is 32.5 Å². The Kier molecular flexibility index (Phi) is 11.5. The number of aliphatic hydroxyl groups excluding tert-OH is 2. The number of rotatable bonds is 12. The van der Waals surface area contributed by atoms with Crippen LogP contribution in [0.1, 0.15) is 32.8 Å². The van der Waals surface area contributed by atoms with Gasteiger partial charge in [0, 0.05) is 23.6 Å². The number of halogens is 2. The van der Waals surface area contributed by atoms with Crippen LogP contribution < -0.4 is 19.6 Å². The third-order valence-electron chi connectivity index (χ3n) is 7.67. The molecule has 0 spiro atoms. The van der Waals surface area contributed by atoms with Crippen molar-refractivity contribution in [1.29, 1.82) is 0 Å². The maximum Gasteiger partial charge on any atom is 0.488 e. The average Bonchev–Trinajstić information content (AvgIpc) is 3.34. The molecule has 1 aliphatic carbocycles. The summed E-state index contributed by atoms with van der Waals surface area (Å²) >= 11 is 12.2. The van der Waals surface area contributed by atoms with Crippen molar-refractivity contribution in [3.05, 3.63) is 57.2 Å². The lowest BCUT2D eigenvalue weighted by molar-refractivity contribution is -0.221. The van der Waals surface area contributed by atoms with Crippen molar-refractivity contribution in [2.45, 2.75) is 57.3 Å². The van der Waals surface area contributed by atoms with E-state index in [0.29, 0.717) is 5.57 Å². The Morgan fingerprint density at radius 3 is 2.35 bits per heavy atom. The maximum absolute atomic E-state index is 12.6. The Morgan fingerprint density at radius 1 is 1.06 bits per heavy atom. The zero-order chi connectivity index (χ0) is 38.8. The van der Waals surface area contributed by atoms with Gasteiger partial charge in [-0.1, -0.05) is 37.0 Å². The Balaban J connectivity index is 1.20. The van der Waals surface area contributed by atoms with Crippen molar-refractivity contribution in [2.75, 3.05) is 6.61 Å². The number of phosphoric acid groups is 4. The fourth-order valence-corrected chi connectivity index (χ4v) is 10.9. The number of carbonyl (C=O) groups is 2. The van der Waals surface area contributed by atoms with Crippen LogP contribution in [0.5, 0.6) is 5.75 Å². The summed E-state index contributed by atoms with van der Waals surface area (Å²) in [4.78, 5) is 74.5. The first-order valence-electron chi connectivity index (χ1n) is 14.4. The molecule has 2 amide bonds. The van der Waals surface area contributed by atoms with Crippen molar-refractivity contribution in [1.82, 2.24) is 10.2 Å². The molecule has 1 fully saturated rings. The van der Waals surface area contributed by atoms with E-state index in [1.807, 2.05) is 0 Å². The van der Waals surface area contributed by atoms with Crippen LogP contribution in [-0.2, 0) is 50.7 Å². The summed E-state index contributed by atoms with van der Waals surface area (Å²) in [5.74, 6) is -1.20. The fraction of sp³-hybridized carbons (Fsp3) is 0.400. The molecule has 1 aromatic rings. The van der Waals surface area contributed by atoms with Crippen LogP contribution in [0.4, 0.5) is 10.5 Å². The number of benzene rings is 1. The number of ketones is 1. The van der Waals surface area contributed by atoms with Crippen LogP contribution in [-0.4, -0.2) is 73.7 Å². The van der Waals surface area contributed by atoms with Crippen molar-refractivity contribution in [2.24, 2.45) is 4.99 Å². The molecule has 5 N–H and O–H groups in total. The first-order valence-corrected chi connectivity index (χ1v) is 21.1. The summed E-state index contributed by atoms with van der Waals surface area (Å²) in [6.45, 7) is 3.67. The topological polar surface area (TPSA) is 312 Å². The number of phosphoric ester groups is 2. The molecule has 5 rings (SSSR count). The zero-order valence-corrected chi connectivity index (χ0v) is 31.6. The van der Waals surface area contributed by atoms with E-state index in [9.17, 15) is 57.6 Å². The van der Waals surface area contributed by atoms with Crippen molar-refractivity contribution >= 4 is 77.7 Å². The first kappa shape index (κ1) is 41.1. The van der Waals surface area contributed by atoms with Gasteiger partial charge in [-0.05, 0) is 42.3 Å². The highest BCUT2D eigenvalue weighted by atomic mass is 35.5. The van der Waals surface area contributed by atoms with Gasteiger partial charge in [-0.15, -0.1) is 0 Å². The molecular formula is C25H27Cl2N3O18P4-2. The number of hydrogen-bond acceptors (Lipinski definition) is 17.